The molecular weight excluding hydrogens is 264 g/mol. The van der Waals surface area contributed by atoms with Gasteiger partial charge in [0.1, 0.15) is 11.2 Å². The van der Waals surface area contributed by atoms with Gasteiger partial charge in [0.25, 0.3) is 0 Å². The molecule has 0 radical (unpaired) electrons. The van der Waals surface area contributed by atoms with Crippen LogP contribution in [0.5, 0.6) is 0 Å². The predicted molar refractivity (Wildman–Crippen MR) is 72.3 cm³/mol. The lowest BCUT2D eigenvalue weighted by atomic mass is 10.2. The van der Waals surface area contributed by atoms with E-state index in [-0.39, 0.29) is 12.8 Å². The van der Waals surface area contributed by atoms with E-state index in [1.165, 1.54) is 0 Å². The van der Waals surface area contributed by atoms with E-state index in [1.807, 2.05) is 0 Å². The van der Waals surface area contributed by atoms with E-state index < -0.39 is 23.1 Å². The van der Waals surface area contributed by atoms with Crippen molar-refractivity contribution in [1.82, 2.24) is 0 Å². The van der Waals surface area contributed by atoms with Crippen LogP contribution in [0.4, 0.5) is 0 Å². The fourth-order valence-corrected chi connectivity index (χ4v) is 0.965. The summed E-state index contributed by atoms with van der Waals surface area (Å²) < 4.78 is 0. The minimum absolute atomic E-state index is 0.198. The molecule has 0 aliphatic carbocycles. The highest BCUT2D eigenvalue weighted by molar-refractivity contribution is 5.69. The van der Waals surface area contributed by atoms with Crippen LogP contribution in [0.25, 0.3) is 0 Å². The van der Waals surface area contributed by atoms with Crippen molar-refractivity contribution in [3.8, 4) is 0 Å². The smallest absolute Gasteiger partial charge is 0.298 e. The van der Waals surface area contributed by atoms with Crippen LogP contribution in [0.1, 0.15) is 67.2 Å². The Kier molecular flexibility index (Phi) is 7.75. The fraction of sp³-hybridized carbons (Fsp3) is 0.857. The summed E-state index contributed by atoms with van der Waals surface area (Å²) in [6.07, 6.45) is 1.45. The summed E-state index contributed by atoms with van der Waals surface area (Å²) in [4.78, 5) is 41.6. The summed E-state index contributed by atoms with van der Waals surface area (Å²) in [5, 5.41) is 0. The van der Waals surface area contributed by atoms with Gasteiger partial charge in [-0.3, -0.25) is 9.78 Å². The van der Waals surface area contributed by atoms with Gasteiger partial charge < -0.3 is 0 Å². The molecule has 0 unspecified atom stereocenters. The molecule has 0 N–H and O–H groups in total. The molecule has 0 aromatic rings. The highest BCUT2D eigenvalue weighted by atomic mass is 17.2. The quantitative estimate of drug-likeness (QED) is 0.407. The molecule has 0 aromatic heterocycles. The lowest BCUT2D eigenvalue weighted by Gasteiger charge is -2.17. The molecule has 0 spiro atoms. The first-order chi connectivity index (χ1) is 8.99. The number of carbonyl (C=O) groups excluding carboxylic acids is 2. The maximum absolute atomic E-state index is 11.3. The Morgan fingerprint density at radius 1 is 0.700 bits per heavy atom. The first-order valence-corrected chi connectivity index (χ1v) is 6.77. The molecule has 6 heteroatoms. The van der Waals surface area contributed by atoms with Crippen LogP contribution in [0.3, 0.4) is 0 Å². The van der Waals surface area contributed by atoms with Crippen LogP contribution in [0.2, 0.25) is 0 Å². The van der Waals surface area contributed by atoms with Gasteiger partial charge in [0.05, 0.1) is 0 Å². The molecule has 0 atom stereocenters. The normalized spacial score (nSPS) is 12.1. The summed E-state index contributed by atoms with van der Waals surface area (Å²) in [6.45, 7) is 10.7. The van der Waals surface area contributed by atoms with Crippen LogP contribution in [0, 0.1) is 0 Å². The topological polar surface area (TPSA) is 71.1 Å². The monoisotopic (exact) mass is 290 g/mol. The molecule has 0 aliphatic rings. The van der Waals surface area contributed by atoms with E-state index in [2.05, 4.69) is 9.78 Å². The lowest BCUT2D eigenvalue weighted by molar-refractivity contribution is -0.321. The van der Waals surface area contributed by atoms with Gasteiger partial charge in [0, 0.05) is 12.8 Å². The molecule has 0 aliphatic heterocycles. The standard InChI is InChI=1S/C14H26O6/c1-13(2,3)19-17-11(15)9-7-8-10-12(16)18-20-14(4,5)6/h7-10H2,1-6H3. The van der Waals surface area contributed by atoms with Crippen LogP contribution in [0.15, 0.2) is 0 Å². The van der Waals surface area contributed by atoms with Crippen molar-refractivity contribution in [2.24, 2.45) is 0 Å². The van der Waals surface area contributed by atoms with E-state index in [0.717, 1.165) is 0 Å². The zero-order chi connectivity index (χ0) is 15.8. The van der Waals surface area contributed by atoms with Gasteiger partial charge in [-0.2, -0.15) is 9.78 Å². The Hall–Kier alpha value is -1.14. The highest BCUT2D eigenvalue weighted by Gasteiger charge is 2.16. The summed E-state index contributed by atoms with van der Waals surface area (Å²) in [5.41, 5.74) is -1.05. The molecule has 0 bridgehead atoms. The number of carbonyl (C=O) groups is 2. The Morgan fingerprint density at radius 3 is 1.25 bits per heavy atom. The van der Waals surface area contributed by atoms with Gasteiger partial charge in [0.2, 0.25) is 0 Å². The first-order valence-electron chi connectivity index (χ1n) is 6.77. The molecular formula is C14H26O6. The number of hydrogen-bond donors (Lipinski definition) is 0. The maximum atomic E-state index is 11.3. The van der Waals surface area contributed by atoms with E-state index in [0.29, 0.717) is 12.8 Å². The lowest BCUT2D eigenvalue weighted by Crippen LogP contribution is -2.22. The van der Waals surface area contributed by atoms with Crippen LogP contribution in [-0.4, -0.2) is 23.1 Å². The van der Waals surface area contributed by atoms with Gasteiger partial charge in [-0.15, -0.1) is 0 Å². The molecule has 20 heavy (non-hydrogen) atoms. The van der Waals surface area contributed by atoms with Gasteiger partial charge in [-0.05, 0) is 54.4 Å². The number of unbranched alkanes of at least 4 members (excludes halogenated alkanes) is 1. The second-order valence-corrected chi connectivity index (χ2v) is 6.51. The van der Waals surface area contributed by atoms with Gasteiger partial charge in [-0.25, -0.2) is 9.59 Å². The minimum atomic E-state index is -0.524. The SMILES string of the molecule is CC(C)(C)OOC(=O)CCCCC(=O)OOC(C)(C)C. The first kappa shape index (κ1) is 18.9. The molecule has 118 valence electrons. The van der Waals surface area contributed by atoms with Gasteiger partial charge in [-0.1, -0.05) is 0 Å². The van der Waals surface area contributed by atoms with Crippen molar-refractivity contribution in [3.05, 3.63) is 0 Å². The van der Waals surface area contributed by atoms with E-state index in [1.54, 1.807) is 41.5 Å². The third-order valence-corrected chi connectivity index (χ3v) is 1.78. The molecule has 0 amide bonds. The van der Waals surface area contributed by atoms with E-state index >= 15 is 0 Å². The maximum Gasteiger partial charge on any atom is 0.342 e. The van der Waals surface area contributed by atoms with Crippen molar-refractivity contribution in [2.45, 2.75) is 78.4 Å². The summed E-state index contributed by atoms with van der Waals surface area (Å²) >= 11 is 0. The van der Waals surface area contributed by atoms with Gasteiger partial charge >= 0.3 is 11.9 Å². The van der Waals surface area contributed by atoms with Crippen molar-refractivity contribution in [2.75, 3.05) is 0 Å². The van der Waals surface area contributed by atoms with Crippen molar-refractivity contribution in [3.63, 3.8) is 0 Å². The molecule has 0 aromatic carbocycles. The third kappa shape index (κ3) is 13.3. The molecule has 0 rings (SSSR count). The van der Waals surface area contributed by atoms with E-state index in [4.69, 9.17) is 9.78 Å². The largest absolute Gasteiger partial charge is 0.342 e. The third-order valence-electron chi connectivity index (χ3n) is 1.78. The number of rotatable bonds is 7. The Labute approximate surface area is 120 Å². The van der Waals surface area contributed by atoms with Crippen LogP contribution in [-0.2, 0) is 29.1 Å². The summed E-state index contributed by atoms with van der Waals surface area (Å²) in [6, 6.07) is 0. The second-order valence-electron chi connectivity index (χ2n) is 6.51. The molecule has 6 nitrogen and oxygen atoms in total. The Balaban J connectivity index is 3.61. The van der Waals surface area contributed by atoms with E-state index in [9.17, 15) is 9.59 Å². The van der Waals surface area contributed by atoms with Crippen LogP contribution >= 0.6 is 0 Å². The molecule has 0 saturated carbocycles. The Morgan fingerprint density at radius 2 is 1.00 bits per heavy atom. The zero-order valence-electron chi connectivity index (χ0n) is 13.3. The predicted octanol–water partition coefficient (Wildman–Crippen LogP) is 3.09. The number of hydrogen-bond acceptors (Lipinski definition) is 6. The molecule has 0 heterocycles. The second kappa shape index (κ2) is 8.21. The fourth-order valence-electron chi connectivity index (χ4n) is 0.965. The summed E-state index contributed by atoms with van der Waals surface area (Å²) in [7, 11) is 0. The van der Waals surface area contributed by atoms with Crippen LogP contribution < -0.4 is 0 Å². The molecule has 0 saturated heterocycles. The average Bonchev–Trinajstić information content (AvgIpc) is 2.27. The van der Waals surface area contributed by atoms with Gasteiger partial charge in [0.15, 0.2) is 0 Å². The van der Waals surface area contributed by atoms with Crippen molar-refractivity contribution < 1.29 is 29.1 Å². The minimum Gasteiger partial charge on any atom is -0.298 e. The average molecular weight is 290 g/mol. The van der Waals surface area contributed by atoms with Crippen molar-refractivity contribution >= 4 is 11.9 Å². The molecule has 0 fully saturated rings. The highest BCUT2D eigenvalue weighted by Crippen LogP contribution is 2.11. The zero-order valence-corrected chi connectivity index (χ0v) is 13.3. The van der Waals surface area contributed by atoms with Crippen molar-refractivity contribution in [1.29, 1.82) is 0 Å². The Bertz CT molecular complexity index is 279. The summed E-state index contributed by atoms with van der Waals surface area (Å²) in [5.74, 6) is -0.890.